The van der Waals surface area contributed by atoms with E-state index in [9.17, 15) is 4.79 Å². The van der Waals surface area contributed by atoms with E-state index in [1.54, 1.807) is 18.3 Å². The Balaban J connectivity index is 1.29. The average Bonchev–Trinajstić information content (AvgIpc) is 3.41. The van der Waals surface area contributed by atoms with Crippen molar-refractivity contribution >= 4 is 44.5 Å². The SMILES string of the molecule is O=C(Nc1cc(-c2nc3cc(Br)ccc3[nH]2)[nH]n1)c1ccc(N2CCOCC2)nc1. The highest BCUT2D eigenvalue weighted by molar-refractivity contribution is 9.10. The minimum atomic E-state index is -0.275. The van der Waals surface area contributed by atoms with Crippen molar-refractivity contribution < 1.29 is 9.53 Å². The highest BCUT2D eigenvalue weighted by atomic mass is 79.9. The second-order valence-electron chi connectivity index (χ2n) is 6.87. The molecule has 0 unspecified atom stereocenters. The number of hydrogen-bond donors (Lipinski definition) is 3. The summed E-state index contributed by atoms with van der Waals surface area (Å²) in [5.41, 5.74) is 2.90. The van der Waals surface area contributed by atoms with Gasteiger partial charge in [0.1, 0.15) is 11.5 Å². The first-order valence-electron chi connectivity index (χ1n) is 9.47. The molecular formula is C20H18BrN7O2. The fourth-order valence-electron chi connectivity index (χ4n) is 3.30. The number of amides is 1. The molecule has 9 nitrogen and oxygen atoms in total. The number of imidazole rings is 1. The van der Waals surface area contributed by atoms with Gasteiger partial charge >= 0.3 is 0 Å². The van der Waals surface area contributed by atoms with Crippen LogP contribution in [0.25, 0.3) is 22.6 Å². The Morgan fingerprint density at radius 2 is 2.03 bits per heavy atom. The van der Waals surface area contributed by atoms with Crippen LogP contribution >= 0.6 is 15.9 Å². The third kappa shape index (κ3) is 3.79. The van der Waals surface area contributed by atoms with Crippen LogP contribution in [0.4, 0.5) is 11.6 Å². The molecule has 1 aromatic carbocycles. The number of anilines is 2. The summed E-state index contributed by atoms with van der Waals surface area (Å²) in [5.74, 6) is 1.62. The van der Waals surface area contributed by atoms with Crippen LogP contribution in [-0.2, 0) is 4.74 Å². The number of carbonyl (C=O) groups is 1. The number of ether oxygens (including phenoxy) is 1. The first kappa shape index (κ1) is 18.8. The summed E-state index contributed by atoms with van der Waals surface area (Å²) in [4.78, 5) is 26.9. The number of aromatic nitrogens is 5. The van der Waals surface area contributed by atoms with E-state index in [4.69, 9.17) is 4.74 Å². The second-order valence-corrected chi connectivity index (χ2v) is 7.79. The standard InChI is InChI=1S/C20H18BrN7O2/c21-13-2-3-14-15(9-13)24-19(23-14)16-10-17(27-26-16)25-20(29)12-1-4-18(22-11-12)28-5-7-30-8-6-28/h1-4,9-11H,5-8H2,(H,23,24)(H2,25,26,27,29). The summed E-state index contributed by atoms with van der Waals surface area (Å²) in [6.45, 7) is 2.97. The minimum absolute atomic E-state index is 0.275. The Labute approximate surface area is 180 Å². The van der Waals surface area contributed by atoms with Crippen molar-refractivity contribution in [3.8, 4) is 11.5 Å². The van der Waals surface area contributed by atoms with Crippen LogP contribution in [0.15, 0.2) is 47.1 Å². The van der Waals surface area contributed by atoms with E-state index < -0.39 is 0 Å². The molecule has 0 spiro atoms. The number of morpholine rings is 1. The molecule has 10 heteroatoms. The second kappa shape index (κ2) is 7.88. The van der Waals surface area contributed by atoms with Crippen molar-refractivity contribution in [2.45, 2.75) is 0 Å². The van der Waals surface area contributed by atoms with E-state index in [0.717, 1.165) is 34.4 Å². The molecule has 3 aromatic heterocycles. The molecule has 3 N–H and O–H groups in total. The van der Waals surface area contributed by atoms with E-state index in [1.165, 1.54) is 0 Å². The molecular weight excluding hydrogens is 450 g/mol. The Morgan fingerprint density at radius 1 is 1.17 bits per heavy atom. The van der Waals surface area contributed by atoms with Gasteiger partial charge in [0.15, 0.2) is 11.6 Å². The van der Waals surface area contributed by atoms with E-state index in [2.05, 4.69) is 51.3 Å². The number of aromatic amines is 2. The number of H-pyrrole nitrogens is 2. The quantitative estimate of drug-likeness (QED) is 0.424. The largest absolute Gasteiger partial charge is 0.378 e. The molecule has 1 aliphatic heterocycles. The van der Waals surface area contributed by atoms with Gasteiger partial charge in [-0.15, -0.1) is 0 Å². The van der Waals surface area contributed by atoms with Crippen molar-refractivity contribution in [3.63, 3.8) is 0 Å². The summed E-state index contributed by atoms with van der Waals surface area (Å²) >= 11 is 3.44. The van der Waals surface area contributed by atoms with Crippen LogP contribution < -0.4 is 10.2 Å². The van der Waals surface area contributed by atoms with Crippen LogP contribution in [0.5, 0.6) is 0 Å². The van der Waals surface area contributed by atoms with Crippen molar-refractivity contribution in [1.82, 2.24) is 25.1 Å². The molecule has 30 heavy (non-hydrogen) atoms. The monoisotopic (exact) mass is 467 g/mol. The number of carbonyl (C=O) groups excluding carboxylic acids is 1. The Morgan fingerprint density at radius 3 is 2.83 bits per heavy atom. The van der Waals surface area contributed by atoms with Gasteiger partial charge in [-0.25, -0.2) is 9.97 Å². The lowest BCUT2D eigenvalue weighted by Crippen LogP contribution is -2.36. The molecule has 4 aromatic rings. The van der Waals surface area contributed by atoms with Crippen LogP contribution in [0.1, 0.15) is 10.4 Å². The summed E-state index contributed by atoms with van der Waals surface area (Å²) in [6, 6.07) is 11.2. The summed E-state index contributed by atoms with van der Waals surface area (Å²) in [7, 11) is 0. The van der Waals surface area contributed by atoms with Gasteiger partial charge in [0, 0.05) is 29.8 Å². The predicted octanol–water partition coefficient (Wildman–Crippen LogP) is 3.20. The third-order valence-corrected chi connectivity index (χ3v) is 5.36. The molecule has 1 fully saturated rings. The number of benzene rings is 1. The maximum absolute atomic E-state index is 12.6. The van der Waals surface area contributed by atoms with Gasteiger partial charge in [-0.3, -0.25) is 9.89 Å². The van der Waals surface area contributed by atoms with E-state index in [-0.39, 0.29) is 5.91 Å². The lowest BCUT2D eigenvalue weighted by atomic mass is 10.2. The molecule has 5 rings (SSSR count). The lowest BCUT2D eigenvalue weighted by Gasteiger charge is -2.27. The van der Waals surface area contributed by atoms with Gasteiger partial charge in [-0.05, 0) is 30.3 Å². The third-order valence-electron chi connectivity index (χ3n) is 4.86. The zero-order chi connectivity index (χ0) is 20.5. The van der Waals surface area contributed by atoms with Crippen LogP contribution in [0.2, 0.25) is 0 Å². The van der Waals surface area contributed by atoms with E-state index >= 15 is 0 Å². The zero-order valence-corrected chi connectivity index (χ0v) is 17.4. The fourth-order valence-corrected chi connectivity index (χ4v) is 3.65. The van der Waals surface area contributed by atoms with E-state index in [1.807, 2.05) is 24.3 Å². The summed E-state index contributed by atoms with van der Waals surface area (Å²) in [5, 5.41) is 9.86. The molecule has 4 heterocycles. The molecule has 1 saturated heterocycles. The first-order valence-corrected chi connectivity index (χ1v) is 10.3. The molecule has 0 atom stereocenters. The smallest absolute Gasteiger partial charge is 0.258 e. The average molecular weight is 468 g/mol. The van der Waals surface area contributed by atoms with Gasteiger partial charge in [-0.2, -0.15) is 5.10 Å². The summed E-state index contributed by atoms with van der Waals surface area (Å²) < 4.78 is 6.31. The molecule has 0 bridgehead atoms. The van der Waals surface area contributed by atoms with Gasteiger partial charge in [0.05, 0.1) is 29.8 Å². The lowest BCUT2D eigenvalue weighted by molar-refractivity contribution is 0.102. The van der Waals surface area contributed by atoms with Crippen molar-refractivity contribution in [3.05, 3.63) is 52.6 Å². The van der Waals surface area contributed by atoms with Crippen LogP contribution in [0.3, 0.4) is 0 Å². The highest BCUT2D eigenvalue weighted by Crippen LogP contribution is 2.23. The molecule has 152 valence electrons. The first-order chi connectivity index (χ1) is 14.7. The predicted molar refractivity (Wildman–Crippen MR) is 117 cm³/mol. The maximum atomic E-state index is 12.6. The van der Waals surface area contributed by atoms with Crippen LogP contribution in [-0.4, -0.2) is 57.4 Å². The highest BCUT2D eigenvalue weighted by Gasteiger charge is 2.15. The Bertz CT molecular complexity index is 1200. The number of pyridine rings is 1. The van der Waals surface area contributed by atoms with Crippen molar-refractivity contribution in [2.24, 2.45) is 0 Å². The van der Waals surface area contributed by atoms with Crippen molar-refractivity contribution in [1.29, 1.82) is 0 Å². The topological polar surface area (TPSA) is 112 Å². The number of fused-ring (bicyclic) bond motifs is 1. The fraction of sp³-hybridized carbons (Fsp3) is 0.200. The molecule has 1 aliphatic rings. The van der Waals surface area contributed by atoms with Gasteiger partial charge in [0.25, 0.3) is 5.91 Å². The van der Waals surface area contributed by atoms with Gasteiger partial charge < -0.3 is 19.9 Å². The van der Waals surface area contributed by atoms with Crippen molar-refractivity contribution in [2.75, 3.05) is 36.5 Å². The number of hydrogen-bond acceptors (Lipinski definition) is 6. The number of rotatable bonds is 4. The zero-order valence-electron chi connectivity index (χ0n) is 15.9. The van der Waals surface area contributed by atoms with Crippen LogP contribution in [0, 0.1) is 0 Å². The number of nitrogens with one attached hydrogen (secondary N) is 3. The molecule has 0 radical (unpaired) electrons. The van der Waals surface area contributed by atoms with Gasteiger partial charge in [-0.1, -0.05) is 15.9 Å². The van der Waals surface area contributed by atoms with E-state index in [0.29, 0.717) is 36.1 Å². The number of nitrogens with zero attached hydrogens (tertiary/aromatic N) is 4. The van der Waals surface area contributed by atoms with Gasteiger partial charge in [0.2, 0.25) is 0 Å². The normalized spacial score (nSPS) is 14.2. The number of halogens is 1. The maximum Gasteiger partial charge on any atom is 0.258 e. The minimum Gasteiger partial charge on any atom is -0.378 e. The molecule has 1 amide bonds. The molecule has 0 saturated carbocycles. The Hall–Kier alpha value is -3.24. The summed E-state index contributed by atoms with van der Waals surface area (Å²) in [6.07, 6.45) is 1.57. The Kier molecular flexibility index (Phi) is 4.93. The molecule has 0 aliphatic carbocycles.